The van der Waals surface area contributed by atoms with Crippen LogP contribution in [-0.2, 0) is 14.9 Å². The third-order valence-electron chi connectivity index (χ3n) is 1.94. The smallest absolute Gasteiger partial charge is 0.748 e. The second-order valence-electron chi connectivity index (χ2n) is 3.30. The van der Waals surface area contributed by atoms with Crippen LogP contribution in [0.15, 0.2) is 12.4 Å². The number of carbonyl (C=O) groups excluding carboxylic acids is 1. The van der Waals surface area contributed by atoms with Crippen molar-refractivity contribution in [3.05, 3.63) is 23.5 Å². The molecule has 0 amide bonds. The Morgan fingerprint density at radius 2 is 2.12 bits per heavy atom. The first-order chi connectivity index (χ1) is 7.40. The fourth-order valence-corrected chi connectivity index (χ4v) is 1.61. The Hall–Kier alpha value is -0.340. The quantitative estimate of drug-likeness (QED) is 0.274. The molecule has 0 atom stereocenters. The van der Waals surface area contributed by atoms with Gasteiger partial charge in [-0.25, -0.2) is 13.2 Å². The maximum absolute atomic E-state index is 11.4. The molecule has 90 valence electrons. The van der Waals surface area contributed by atoms with E-state index >= 15 is 0 Å². The molecule has 0 unspecified atom stereocenters. The van der Waals surface area contributed by atoms with Crippen LogP contribution in [0.3, 0.4) is 0 Å². The van der Waals surface area contributed by atoms with Gasteiger partial charge in [-0.2, -0.15) is 0 Å². The van der Waals surface area contributed by atoms with E-state index in [0.29, 0.717) is 5.56 Å². The number of H-pyrrole nitrogens is 1. The van der Waals surface area contributed by atoms with E-state index in [1.807, 2.05) is 0 Å². The third-order valence-corrected chi connectivity index (χ3v) is 2.73. The van der Waals surface area contributed by atoms with Crippen LogP contribution in [0.1, 0.15) is 22.3 Å². The maximum atomic E-state index is 11.4. The Bertz CT molecular complexity index is 467. The molecule has 0 saturated carbocycles. The van der Waals surface area contributed by atoms with Crippen molar-refractivity contribution >= 4 is 16.1 Å². The molecule has 1 rings (SSSR count). The number of ether oxygens (including phenoxy) is 1. The number of hydrogen-bond donors (Lipinski definition) is 1. The molecule has 0 radical (unpaired) electrons. The van der Waals surface area contributed by atoms with Crippen LogP contribution in [0.25, 0.3) is 0 Å². The molecule has 0 aliphatic carbocycles. The van der Waals surface area contributed by atoms with Crippen molar-refractivity contribution in [3.8, 4) is 0 Å². The van der Waals surface area contributed by atoms with Crippen LogP contribution in [0.4, 0.5) is 0 Å². The molecule has 0 bridgehead atoms. The van der Waals surface area contributed by atoms with Gasteiger partial charge >= 0.3 is 35.5 Å². The van der Waals surface area contributed by atoms with Crippen molar-refractivity contribution < 1.29 is 52.1 Å². The van der Waals surface area contributed by atoms with Gasteiger partial charge in [-0.15, -0.1) is 0 Å². The van der Waals surface area contributed by atoms with Crippen molar-refractivity contribution in [3.63, 3.8) is 0 Å². The number of aromatic nitrogens is 1. The number of aryl methyl sites for hydroxylation is 1. The minimum atomic E-state index is -4.23. The minimum Gasteiger partial charge on any atom is -0.748 e. The first kappa shape index (κ1) is 16.7. The summed E-state index contributed by atoms with van der Waals surface area (Å²) in [5.74, 6) is -1.05. The largest absolute Gasteiger partial charge is 1.00 e. The maximum Gasteiger partial charge on any atom is 1.00 e. The summed E-state index contributed by atoms with van der Waals surface area (Å²) in [7, 11) is -4.23. The molecule has 0 spiro atoms. The van der Waals surface area contributed by atoms with Crippen molar-refractivity contribution in [1.29, 1.82) is 0 Å². The van der Waals surface area contributed by atoms with E-state index in [9.17, 15) is 17.8 Å². The summed E-state index contributed by atoms with van der Waals surface area (Å²) in [6.45, 7) is 1.67. The molecule has 1 heterocycles. The zero-order valence-corrected chi connectivity index (χ0v) is 12.5. The summed E-state index contributed by atoms with van der Waals surface area (Å²) in [6, 6.07) is 0. The van der Waals surface area contributed by atoms with Crippen LogP contribution in [0.5, 0.6) is 0 Å². The summed E-state index contributed by atoms with van der Waals surface area (Å²) in [6.07, 6.45) is 3.17. The second-order valence-corrected chi connectivity index (χ2v) is 4.83. The number of hydrogen-bond acceptors (Lipinski definition) is 5. The van der Waals surface area contributed by atoms with Crippen LogP contribution < -0.4 is 29.6 Å². The van der Waals surface area contributed by atoms with Gasteiger partial charge in [0.25, 0.3) is 0 Å². The Labute approximate surface area is 122 Å². The zero-order chi connectivity index (χ0) is 12.2. The predicted molar refractivity (Wildman–Crippen MR) is 55.0 cm³/mol. The molecule has 1 aromatic heterocycles. The summed E-state index contributed by atoms with van der Waals surface area (Å²) < 4.78 is 35.6. The SMILES string of the molecule is Cc1c[nH]cc1C(=O)OCCCS(=O)(=O)[O-].[Na+]. The minimum absolute atomic E-state index is 0. The average Bonchev–Trinajstić information content (AvgIpc) is 2.57. The van der Waals surface area contributed by atoms with Gasteiger partial charge in [0.2, 0.25) is 0 Å². The van der Waals surface area contributed by atoms with Gasteiger partial charge in [0, 0.05) is 18.1 Å². The summed E-state index contributed by atoms with van der Waals surface area (Å²) >= 11 is 0. The molecule has 0 saturated heterocycles. The van der Waals surface area contributed by atoms with E-state index < -0.39 is 21.8 Å². The van der Waals surface area contributed by atoms with Crippen LogP contribution >= 0.6 is 0 Å². The van der Waals surface area contributed by atoms with E-state index in [2.05, 4.69) is 4.98 Å². The molecule has 1 aromatic rings. The molecular weight excluding hydrogens is 257 g/mol. The van der Waals surface area contributed by atoms with E-state index in [-0.39, 0.29) is 42.6 Å². The first-order valence-electron chi connectivity index (χ1n) is 4.64. The summed E-state index contributed by atoms with van der Waals surface area (Å²) in [5.41, 5.74) is 1.16. The molecule has 8 heteroatoms. The van der Waals surface area contributed by atoms with E-state index in [4.69, 9.17) is 4.74 Å². The predicted octanol–water partition coefficient (Wildman–Crippen LogP) is -2.58. The van der Waals surface area contributed by atoms with Gasteiger partial charge in [-0.1, -0.05) is 0 Å². The molecule has 1 N–H and O–H groups in total. The van der Waals surface area contributed by atoms with Gasteiger partial charge < -0.3 is 14.3 Å². The fourth-order valence-electron chi connectivity index (χ4n) is 1.14. The number of esters is 1. The van der Waals surface area contributed by atoms with E-state index in [1.54, 1.807) is 13.1 Å². The van der Waals surface area contributed by atoms with Gasteiger partial charge in [0.1, 0.15) is 0 Å². The van der Waals surface area contributed by atoms with Gasteiger partial charge in [-0.05, 0) is 18.9 Å². The Morgan fingerprint density at radius 3 is 2.59 bits per heavy atom. The average molecular weight is 269 g/mol. The topological polar surface area (TPSA) is 99.3 Å². The summed E-state index contributed by atoms with van der Waals surface area (Å²) in [4.78, 5) is 14.1. The van der Waals surface area contributed by atoms with Gasteiger partial charge in [0.05, 0.1) is 22.3 Å². The van der Waals surface area contributed by atoms with Gasteiger partial charge in [0.15, 0.2) is 0 Å². The van der Waals surface area contributed by atoms with Crippen LogP contribution in [-0.4, -0.2) is 36.3 Å². The van der Waals surface area contributed by atoms with E-state index in [0.717, 1.165) is 5.56 Å². The molecule has 0 aliphatic rings. The normalized spacial score (nSPS) is 10.7. The number of rotatable bonds is 5. The molecule has 17 heavy (non-hydrogen) atoms. The van der Waals surface area contributed by atoms with Crippen molar-refractivity contribution in [1.82, 2.24) is 4.98 Å². The zero-order valence-electron chi connectivity index (χ0n) is 9.73. The van der Waals surface area contributed by atoms with Gasteiger partial charge in [-0.3, -0.25) is 0 Å². The molecule has 0 aromatic carbocycles. The van der Waals surface area contributed by atoms with Crippen molar-refractivity contribution in [2.45, 2.75) is 13.3 Å². The third kappa shape index (κ3) is 6.23. The Kier molecular flexibility index (Phi) is 7.03. The Morgan fingerprint density at radius 1 is 1.47 bits per heavy atom. The summed E-state index contributed by atoms with van der Waals surface area (Å²) in [5, 5.41) is 0. The molecule has 0 aliphatic heterocycles. The monoisotopic (exact) mass is 269 g/mol. The number of nitrogens with one attached hydrogen (secondary N) is 1. The second kappa shape index (κ2) is 7.17. The van der Waals surface area contributed by atoms with Crippen molar-refractivity contribution in [2.24, 2.45) is 0 Å². The molecule has 0 fully saturated rings. The molecular formula is C9H12NNaO5S. The number of aromatic amines is 1. The van der Waals surface area contributed by atoms with Crippen LogP contribution in [0.2, 0.25) is 0 Å². The van der Waals surface area contributed by atoms with Crippen LogP contribution in [0, 0.1) is 6.92 Å². The fraction of sp³-hybridized carbons (Fsp3) is 0.444. The first-order valence-corrected chi connectivity index (χ1v) is 6.22. The standard InChI is InChI=1S/C9H13NO5S.Na/c1-7-5-10-6-8(7)9(11)15-3-2-4-16(12,13)14;/h5-6,10H,2-4H2,1H3,(H,12,13,14);/q;+1/p-1. The number of carbonyl (C=O) groups is 1. The van der Waals surface area contributed by atoms with E-state index in [1.165, 1.54) is 6.20 Å². The van der Waals surface area contributed by atoms with Crippen molar-refractivity contribution in [2.75, 3.05) is 12.4 Å². The molecule has 6 nitrogen and oxygen atoms in total. The Balaban J connectivity index is 0.00000256.